The summed E-state index contributed by atoms with van der Waals surface area (Å²) in [4.78, 5) is 26.2. The molecule has 28 heavy (non-hydrogen) atoms. The summed E-state index contributed by atoms with van der Waals surface area (Å²) in [5, 5.41) is 3.98. The summed E-state index contributed by atoms with van der Waals surface area (Å²) in [6, 6.07) is 13.8. The zero-order valence-corrected chi connectivity index (χ0v) is 16.0. The van der Waals surface area contributed by atoms with Gasteiger partial charge in [-0.05, 0) is 42.1 Å². The zero-order valence-electron chi connectivity index (χ0n) is 14.4. The van der Waals surface area contributed by atoms with Crippen LogP contribution in [0.1, 0.15) is 11.1 Å². The molecule has 4 rings (SSSR count). The summed E-state index contributed by atoms with van der Waals surface area (Å²) in [5.41, 5.74) is 1.67. The number of aromatic nitrogens is 2. The van der Waals surface area contributed by atoms with Crippen molar-refractivity contribution in [3.8, 4) is 5.69 Å². The number of imide groups is 1. The van der Waals surface area contributed by atoms with Crippen LogP contribution < -0.4 is 0 Å². The molecule has 2 aromatic carbocycles. The lowest BCUT2D eigenvalue weighted by molar-refractivity contribution is -0.123. The fraction of sp³-hybridized carbons (Fsp3) is 0.0500. The van der Waals surface area contributed by atoms with Gasteiger partial charge in [-0.3, -0.25) is 14.5 Å². The summed E-state index contributed by atoms with van der Waals surface area (Å²) in [6.45, 7) is -0.212. The topological polar surface area (TPSA) is 55.2 Å². The van der Waals surface area contributed by atoms with Gasteiger partial charge in [0, 0.05) is 22.3 Å². The molecule has 0 spiro atoms. The van der Waals surface area contributed by atoms with Gasteiger partial charge in [-0.25, -0.2) is 9.07 Å². The molecule has 0 atom stereocenters. The third-order valence-electron chi connectivity index (χ3n) is 4.17. The highest BCUT2D eigenvalue weighted by molar-refractivity contribution is 8.18. The molecule has 3 aromatic rings. The standard InChI is InChI=1S/C20H13ClFN3O2S/c21-16-7-4-8-17(22)15(16)12-24-19(26)18(28-20(24)27)9-13-10-23-25(11-13)14-5-2-1-3-6-14/h1-11H,12H2/b18-9-. The molecule has 0 unspecified atom stereocenters. The lowest BCUT2D eigenvalue weighted by atomic mass is 10.2. The number of thioether (sulfide) groups is 1. The van der Waals surface area contributed by atoms with Crippen LogP contribution in [-0.4, -0.2) is 25.8 Å². The first-order valence-electron chi connectivity index (χ1n) is 8.31. The molecule has 0 saturated carbocycles. The van der Waals surface area contributed by atoms with E-state index in [0.29, 0.717) is 5.56 Å². The molecule has 1 aliphatic heterocycles. The maximum absolute atomic E-state index is 14.0. The number of benzene rings is 2. The van der Waals surface area contributed by atoms with Crippen molar-refractivity contribution in [1.82, 2.24) is 14.7 Å². The summed E-state index contributed by atoms with van der Waals surface area (Å²) < 4.78 is 15.7. The van der Waals surface area contributed by atoms with Crippen LogP contribution >= 0.6 is 23.4 Å². The Kier molecular flexibility index (Phi) is 5.02. The van der Waals surface area contributed by atoms with E-state index in [1.54, 1.807) is 23.2 Å². The molecular formula is C20H13ClFN3O2S. The first-order valence-corrected chi connectivity index (χ1v) is 9.51. The van der Waals surface area contributed by atoms with Crippen LogP contribution in [0.2, 0.25) is 5.02 Å². The van der Waals surface area contributed by atoms with Crippen molar-refractivity contribution >= 4 is 40.6 Å². The number of carbonyl (C=O) groups excluding carboxylic acids is 2. The summed E-state index contributed by atoms with van der Waals surface area (Å²) in [7, 11) is 0. The SMILES string of the molecule is O=C1S/C(=C\c2cnn(-c3ccccc3)c2)C(=O)N1Cc1c(F)cccc1Cl. The number of hydrogen-bond donors (Lipinski definition) is 0. The minimum absolute atomic E-state index is 0.115. The number of amides is 2. The predicted octanol–water partition coefficient (Wildman–Crippen LogP) is 4.90. The molecule has 1 aliphatic rings. The highest BCUT2D eigenvalue weighted by Crippen LogP contribution is 2.34. The number of halogens is 2. The first-order chi connectivity index (χ1) is 13.5. The van der Waals surface area contributed by atoms with Crippen molar-refractivity contribution in [3.63, 3.8) is 0 Å². The van der Waals surface area contributed by atoms with E-state index in [1.165, 1.54) is 18.2 Å². The normalized spacial score (nSPS) is 15.6. The summed E-state index contributed by atoms with van der Waals surface area (Å²) in [5.74, 6) is -1.04. The molecule has 8 heteroatoms. The van der Waals surface area contributed by atoms with Gasteiger partial charge in [-0.1, -0.05) is 35.9 Å². The average Bonchev–Trinajstić information content (AvgIpc) is 3.25. The van der Waals surface area contributed by atoms with Crippen LogP contribution in [0.5, 0.6) is 0 Å². The van der Waals surface area contributed by atoms with Crippen molar-refractivity contribution in [1.29, 1.82) is 0 Å². The molecule has 2 amide bonds. The van der Waals surface area contributed by atoms with Gasteiger partial charge in [-0.15, -0.1) is 0 Å². The molecule has 0 bridgehead atoms. The first kappa shape index (κ1) is 18.5. The number of rotatable bonds is 4. The van der Waals surface area contributed by atoms with Crippen LogP contribution in [0.25, 0.3) is 11.8 Å². The van der Waals surface area contributed by atoms with E-state index >= 15 is 0 Å². The molecule has 1 aromatic heterocycles. The Labute approximate surface area is 169 Å². The van der Waals surface area contributed by atoms with Gasteiger partial charge in [0.15, 0.2) is 0 Å². The lowest BCUT2D eigenvalue weighted by Crippen LogP contribution is -2.28. The Balaban J connectivity index is 1.57. The van der Waals surface area contributed by atoms with E-state index in [1.807, 2.05) is 30.3 Å². The Morgan fingerprint density at radius 3 is 2.64 bits per heavy atom. The monoisotopic (exact) mass is 413 g/mol. The second kappa shape index (κ2) is 7.61. The largest absolute Gasteiger partial charge is 0.293 e. The second-order valence-corrected chi connectivity index (χ2v) is 7.42. The molecule has 0 radical (unpaired) electrons. The molecule has 140 valence electrons. The van der Waals surface area contributed by atoms with Crippen molar-refractivity contribution in [2.45, 2.75) is 6.54 Å². The van der Waals surface area contributed by atoms with Gasteiger partial charge in [0.1, 0.15) is 5.82 Å². The van der Waals surface area contributed by atoms with E-state index < -0.39 is 17.0 Å². The van der Waals surface area contributed by atoms with Gasteiger partial charge in [0.25, 0.3) is 11.1 Å². The third kappa shape index (κ3) is 3.58. The molecule has 0 aliphatic carbocycles. The fourth-order valence-corrected chi connectivity index (χ4v) is 3.82. The molecule has 2 heterocycles. The Morgan fingerprint density at radius 1 is 1.11 bits per heavy atom. The number of carbonyl (C=O) groups is 2. The molecule has 1 saturated heterocycles. The molecule has 1 fully saturated rings. The minimum Gasteiger partial charge on any atom is -0.268 e. The van der Waals surface area contributed by atoms with E-state index in [4.69, 9.17) is 11.6 Å². The number of nitrogens with zero attached hydrogens (tertiary/aromatic N) is 3. The predicted molar refractivity (Wildman–Crippen MR) is 106 cm³/mol. The summed E-state index contributed by atoms with van der Waals surface area (Å²) >= 11 is 6.82. The second-order valence-electron chi connectivity index (χ2n) is 6.02. The Hall–Kier alpha value is -2.90. The van der Waals surface area contributed by atoms with E-state index in [9.17, 15) is 14.0 Å². The molecular weight excluding hydrogens is 401 g/mol. The van der Waals surface area contributed by atoms with Gasteiger partial charge in [0.2, 0.25) is 0 Å². The van der Waals surface area contributed by atoms with Crippen molar-refractivity contribution < 1.29 is 14.0 Å². The van der Waals surface area contributed by atoms with Gasteiger partial charge < -0.3 is 0 Å². The zero-order chi connectivity index (χ0) is 19.7. The van der Waals surface area contributed by atoms with Crippen LogP contribution in [0.15, 0.2) is 65.8 Å². The third-order valence-corrected chi connectivity index (χ3v) is 5.43. The van der Waals surface area contributed by atoms with Gasteiger partial charge >= 0.3 is 0 Å². The van der Waals surface area contributed by atoms with Crippen molar-refractivity contribution in [2.24, 2.45) is 0 Å². The lowest BCUT2D eigenvalue weighted by Gasteiger charge is -2.14. The fourth-order valence-electron chi connectivity index (χ4n) is 2.76. The minimum atomic E-state index is -0.556. The van der Waals surface area contributed by atoms with Crippen molar-refractivity contribution in [2.75, 3.05) is 0 Å². The molecule has 5 nitrogen and oxygen atoms in total. The molecule has 0 N–H and O–H groups in total. The Bertz CT molecular complexity index is 1080. The van der Waals surface area contributed by atoms with Crippen molar-refractivity contribution in [3.05, 3.63) is 87.8 Å². The van der Waals surface area contributed by atoms with Gasteiger partial charge in [0.05, 0.1) is 23.3 Å². The maximum Gasteiger partial charge on any atom is 0.293 e. The van der Waals surface area contributed by atoms with Crippen LogP contribution in [0, 0.1) is 5.82 Å². The maximum atomic E-state index is 14.0. The quantitative estimate of drug-likeness (QED) is 0.571. The van der Waals surface area contributed by atoms with Crippen LogP contribution in [0.4, 0.5) is 9.18 Å². The van der Waals surface area contributed by atoms with E-state index in [0.717, 1.165) is 22.3 Å². The highest BCUT2D eigenvalue weighted by atomic mass is 35.5. The summed E-state index contributed by atoms with van der Waals surface area (Å²) in [6.07, 6.45) is 4.96. The van der Waals surface area contributed by atoms with Crippen LogP contribution in [-0.2, 0) is 11.3 Å². The smallest absolute Gasteiger partial charge is 0.268 e. The van der Waals surface area contributed by atoms with Crippen LogP contribution in [0.3, 0.4) is 0 Å². The van der Waals surface area contributed by atoms with E-state index in [-0.39, 0.29) is 22.0 Å². The van der Waals surface area contributed by atoms with Gasteiger partial charge in [-0.2, -0.15) is 5.10 Å². The van der Waals surface area contributed by atoms with E-state index in [2.05, 4.69) is 5.10 Å². The number of para-hydroxylation sites is 1. The number of hydrogen-bond acceptors (Lipinski definition) is 4. The highest BCUT2D eigenvalue weighted by Gasteiger charge is 2.36. The average molecular weight is 414 g/mol. The Morgan fingerprint density at radius 2 is 1.89 bits per heavy atom.